The summed E-state index contributed by atoms with van der Waals surface area (Å²) in [6.45, 7) is 4.03. The van der Waals surface area contributed by atoms with E-state index in [1.165, 1.54) is 5.56 Å². The maximum absolute atomic E-state index is 12.7. The van der Waals surface area contributed by atoms with Gasteiger partial charge in [-0.3, -0.25) is 9.79 Å². The van der Waals surface area contributed by atoms with Crippen LogP contribution in [0.15, 0.2) is 29.3 Å². The summed E-state index contributed by atoms with van der Waals surface area (Å²) in [5, 5.41) is 6.73. The normalized spacial score (nSPS) is 15.5. The van der Waals surface area contributed by atoms with Crippen LogP contribution in [-0.2, 0) is 11.2 Å². The summed E-state index contributed by atoms with van der Waals surface area (Å²) in [6.07, 6.45) is 4.95. The number of carbonyl (C=O) groups is 1. The highest BCUT2D eigenvalue weighted by atomic mass is 127. The number of carbonyl (C=O) groups excluding carboxylic acids is 1. The van der Waals surface area contributed by atoms with Gasteiger partial charge in [0.25, 0.3) is 0 Å². The predicted molar refractivity (Wildman–Crippen MR) is 126 cm³/mol. The molecule has 0 aromatic heterocycles. The van der Waals surface area contributed by atoms with E-state index in [1.807, 2.05) is 39.2 Å². The number of ether oxygens (including phenoxy) is 1. The molecule has 1 aliphatic rings. The van der Waals surface area contributed by atoms with Crippen molar-refractivity contribution >= 4 is 35.8 Å². The van der Waals surface area contributed by atoms with E-state index < -0.39 is 0 Å². The molecule has 0 atom stereocenters. The van der Waals surface area contributed by atoms with Gasteiger partial charge in [0, 0.05) is 34.2 Å². The fourth-order valence-corrected chi connectivity index (χ4v) is 3.79. The van der Waals surface area contributed by atoms with E-state index >= 15 is 0 Å². The zero-order chi connectivity index (χ0) is 19.7. The molecule has 28 heavy (non-hydrogen) atoms. The van der Waals surface area contributed by atoms with Gasteiger partial charge in [-0.15, -0.1) is 24.0 Å². The molecule has 1 fully saturated rings. The van der Waals surface area contributed by atoms with E-state index in [0.29, 0.717) is 13.2 Å². The number of benzene rings is 1. The van der Waals surface area contributed by atoms with Gasteiger partial charge in [0.05, 0.1) is 12.0 Å². The van der Waals surface area contributed by atoms with Crippen molar-refractivity contribution < 1.29 is 9.53 Å². The van der Waals surface area contributed by atoms with Crippen molar-refractivity contribution in [2.24, 2.45) is 10.4 Å². The fourth-order valence-electron chi connectivity index (χ4n) is 3.79. The lowest BCUT2D eigenvalue weighted by atomic mass is 9.84. The van der Waals surface area contributed by atoms with Gasteiger partial charge in [0.2, 0.25) is 5.91 Å². The van der Waals surface area contributed by atoms with Crippen LogP contribution in [0.5, 0.6) is 5.75 Å². The molecule has 1 aromatic carbocycles. The van der Waals surface area contributed by atoms with E-state index in [9.17, 15) is 4.79 Å². The molecule has 1 amide bonds. The van der Waals surface area contributed by atoms with Crippen LogP contribution in [0.4, 0.5) is 0 Å². The maximum Gasteiger partial charge on any atom is 0.230 e. The molecule has 1 aliphatic carbocycles. The fraction of sp³-hybridized carbons (Fsp3) is 0.619. The lowest BCUT2D eigenvalue weighted by molar-refractivity contribution is -0.138. The molecule has 0 radical (unpaired) electrons. The molecule has 2 N–H and O–H groups in total. The average molecular weight is 502 g/mol. The quantitative estimate of drug-likeness (QED) is 0.326. The molecule has 0 unspecified atom stereocenters. The smallest absolute Gasteiger partial charge is 0.230 e. The van der Waals surface area contributed by atoms with Crippen LogP contribution in [0.25, 0.3) is 0 Å². The van der Waals surface area contributed by atoms with Crippen molar-refractivity contribution in [1.29, 1.82) is 0 Å². The van der Waals surface area contributed by atoms with E-state index in [4.69, 9.17) is 4.74 Å². The van der Waals surface area contributed by atoms with Crippen molar-refractivity contribution in [2.75, 3.05) is 40.8 Å². The van der Waals surface area contributed by atoms with Crippen LogP contribution in [0.3, 0.4) is 0 Å². The summed E-state index contributed by atoms with van der Waals surface area (Å²) in [7, 11) is 5.44. The number of aliphatic imine (C=N–C) groups is 1. The Kier molecular flexibility index (Phi) is 10.6. The zero-order valence-corrected chi connectivity index (χ0v) is 19.9. The van der Waals surface area contributed by atoms with Crippen LogP contribution in [-0.4, -0.2) is 57.6 Å². The lowest BCUT2D eigenvalue weighted by Crippen LogP contribution is -2.49. The highest BCUT2D eigenvalue weighted by molar-refractivity contribution is 14.0. The van der Waals surface area contributed by atoms with Gasteiger partial charge in [0.15, 0.2) is 5.96 Å². The Morgan fingerprint density at radius 2 is 1.89 bits per heavy atom. The molecular weight excluding hydrogens is 467 g/mol. The van der Waals surface area contributed by atoms with Gasteiger partial charge in [0.1, 0.15) is 5.75 Å². The first kappa shape index (κ1) is 24.5. The van der Waals surface area contributed by atoms with Gasteiger partial charge >= 0.3 is 0 Å². The average Bonchev–Trinajstić information content (AvgIpc) is 3.15. The second-order valence-corrected chi connectivity index (χ2v) is 7.33. The van der Waals surface area contributed by atoms with E-state index in [2.05, 4.69) is 21.7 Å². The molecule has 0 spiro atoms. The monoisotopic (exact) mass is 502 g/mol. The molecule has 2 rings (SSSR count). The molecule has 6 nitrogen and oxygen atoms in total. The third-order valence-corrected chi connectivity index (χ3v) is 5.20. The van der Waals surface area contributed by atoms with Crippen molar-refractivity contribution in [1.82, 2.24) is 15.5 Å². The SMILES string of the molecule is CCOc1ccccc1CCNC(=NC)NCC1(C(=O)N(C)C)CCCC1.I. The van der Waals surface area contributed by atoms with Crippen LogP contribution in [0.2, 0.25) is 0 Å². The Bertz CT molecular complexity index is 643. The summed E-state index contributed by atoms with van der Waals surface area (Å²) < 4.78 is 5.68. The molecule has 0 aliphatic heterocycles. The minimum absolute atomic E-state index is 0. The van der Waals surface area contributed by atoms with Gasteiger partial charge < -0.3 is 20.3 Å². The first-order chi connectivity index (χ1) is 13.0. The van der Waals surface area contributed by atoms with Crippen molar-refractivity contribution in [3.8, 4) is 5.75 Å². The molecule has 1 aromatic rings. The Hall–Kier alpha value is -1.51. The number of nitrogens with zero attached hydrogens (tertiary/aromatic N) is 2. The maximum atomic E-state index is 12.7. The zero-order valence-electron chi connectivity index (χ0n) is 17.6. The van der Waals surface area contributed by atoms with Crippen molar-refractivity contribution in [3.63, 3.8) is 0 Å². The van der Waals surface area contributed by atoms with Crippen LogP contribution >= 0.6 is 24.0 Å². The number of halogens is 1. The summed E-state index contributed by atoms with van der Waals surface area (Å²) >= 11 is 0. The van der Waals surface area contributed by atoms with Gasteiger partial charge in [-0.05, 0) is 37.8 Å². The highest BCUT2D eigenvalue weighted by Crippen LogP contribution is 2.38. The number of rotatable bonds is 8. The summed E-state index contributed by atoms with van der Waals surface area (Å²) in [5.41, 5.74) is 0.875. The Balaban J connectivity index is 0.00000392. The summed E-state index contributed by atoms with van der Waals surface area (Å²) in [4.78, 5) is 18.7. The van der Waals surface area contributed by atoms with Crippen molar-refractivity contribution in [3.05, 3.63) is 29.8 Å². The van der Waals surface area contributed by atoms with Crippen LogP contribution < -0.4 is 15.4 Å². The lowest BCUT2D eigenvalue weighted by Gasteiger charge is -2.31. The Labute approximate surface area is 186 Å². The number of guanidine groups is 1. The molecule has 7 heteroatoms. The molecule has 0 heterocycles. The highest BCUT2D eigenvalue weighted by Gasteiger charge is 2.42. The van der Waals surface area contributed by atoms with E-state index in [0.717, 1.165) is 50.4 Å². The largest absolute Gasteiger partial charge is 0.494 e. The molecule has 1 saturated carbocycles. The van der Waals surface area contributed by atoms with Crippen LogP contribution in [0, 0.1) is 5.41 Å². The predicted octanol–water partition coefficient (Wildman–Crippen LogP) is 3.06. The van der Waals surface area contributed by atoms with Gasteiger partial charge in [-0.2, -0.15) is 0 Å². The third-order valence-electron chi connectivity index (χ3n) is 5.20. The number of amides is 1. The van der Waals surface area contributed by atoms with Crippen molar-refractivity contribution in [2.45, 2.75) is 39.0 Å². The topological polar surface area (TPSA) is 66.0 Å². The van der Waals surface area contributed by atoms with E-state index in [1.54, 1.807) is 11.9 Å². The third kappa shape index (κ3) is 6.53. The van der Waals surface area contributed by atoms with Crippen LogP contribution in [0.1, 0.15) is 38.2 Å². The number of hydrogen-bond acceptors (Lipinski definition) is 3. The minimum Gasteiger partial charge on any atom is -0.494 e. The molecular formula is C21H35IN4O2. The first-order valence-electron chi connectivity index (χ1n) is 9.89. The summed E-state index contributed by atoms with van der Waals surface area (Å²) in [5.74, 6) is 1.89. The molecule has 158 valence electrons. The second-order valence-electron chi connectivity index (χ2n) is 7.33. The number of nitrogens with one attached hydrogen (secondary N) is 2. The van der Waals surface area contributed by atoms with Gasteiger partial charge in [-0.1, -0.05) is 31.0 Å². The number of hydrogen-bond donors (Lipinski definition) is 2. The van der Waals surface area contributed by atoms with E-state index in [-0.39, 0.29) is 35.3 Å². The standard InChI is InChI=1S/C21H34N4O2.HI/c1-5-27-18-11-7-6-10-17(18)12-15-23-20(22-2)24-16-21(13-8-9-14-21)19(26)25(3)4;/h6-7,10-11H,5,8-9,12-16H2,1-4H3,(H2,22,23,24);1H. The van der Waals surface area contributed by atoms with Gasteiger partial charge in [-0.25, -0.2) is 0 Å². The molecule has 0 bridgehead atoms. The Morgan fingerprint density at radius 3 is 2.50 bits per heavy atom. The Morgan fingerprint density at radius 1 is 1.21 bits per heavy atom. The minimum atomic E-state index is -0.303. The molecule has 0 saturated heterocycles. The second kappa shape index (κ2) is 12.1. The number of para-hydroxylation sites is 1. The summed E-state index contributed by atoms with van der Waals surface area (Å²) in [6, 6.07) is 8.11. The first-order valence-corrected chi connectivity index (χ1v) is 9.89.